The zero-order chi connectivity index (χ0) is 14.1. The summed E-state index contributed by atoms with van der Waals surface area (Å²) in [6.07, 6.45) is 0. The van der Waals surface area contributed by atoms with Crippen LogP contribution in [0.25, 0.3) is 16.8 Å². The lowest BCUT2D eigenvalue weighted by Gasteiger charge is -2.09. The van der Waals surface area contributed by atoms with Crippen molar-refractivity contribution in [1.29, 1.82) is 0 Å². The third kappa shape index (κ3) is 1.97. The van der Waals surface area contributed by atoms with E-state index in [2.05, 4.69) is 5.10 Å². The average Bonchev–Trinajstić information content (AvgIpc) is 2.75. The molecule has 0 aliphatic rings. The number of hydrogen-bond acceptors (Lipinski definition) is 1. The molecule has 0 spiro atoms. The van der Waals surface area contributed by atoms with Crippen molar-refractivity contribution in [3.63, 3.8) is 0 Å². The quantitative estimate of drug-likeness (QED) is 0.756. The molecular formula is C17H16N2O. The predicted octanol–water partition coefficient (Wildman–Crippen LogP) is 3.45. The van der Waals surface area contributed by atoms with Crippen molar-refractivity contribution < 1.29 is 0 Å². The first-order valence-electron chi connectivity index (χ1n) is 6.61. The van der Waals surface area contributed by atoms with Crippen LogP contribution in [0.3, 0.4) is 0 Å². The van der Waals surface area contributed by atoms with Gasteiger partial charge in [0.25, 0.3) is 5.56 Å². The smallest absolute Gasteiger partial charge is 0.267 e. The lowest BCUT2D eigenvalue weighted by atomic mass is 10.1. The summed E-state index contributed by atoms with van der Waals surface area (Å²) in [7, 11) is 0. The van der Waals surface area contributed by atoms with Gasteiger partial charge in [0.15, 0.2) is 0 Å². The van der Waals surface area contributed by atoms with Crippen LogP contribution in [0.4, 0.5) is 0 Å². The molecule has 100 valence electrons. The van der Waals surface area contributed by atoms with Crippen LogP contribution in [-0.2, 0) is 0 Å². The molecule has 3 heteroatoms. The number of benzene rings is 2. The highest BCUT2D eigenvalue weighted by Gasteiger charge is 2.14. The summed E-state index contributed by atoms with van der Waals surface area (Å²) < 4.78 is 1.86. The van der Waals surface area contributed by atoms with Gasteiger partial charge in [0, 0.05) is 0 Å². The predicted molar refractivity (Wildman–Crippen MR) is 81.3 cm³/mol. The topological polar surface area (TPSA) is 37.8 Å². The van der Waals surface area contributed by atoms with E-state index >= 15 is 0 Å². The number of nitrogens with one attached hydrogen (secondary N) is 1. The van der Waals surface area contributed by atoms with E-state index in [1.165, 1.54) is 0 Å². The summed E-state index contributed by atoms with van der Waals surface area (Å²) in [5, 5.41) is 2.93. The zero-order valence-corrected chi connectivity index (χ0v) is 11.6. The minimum Gasteiger partial charge on any atom is -0.267 e. The highest BCUT2D eigenvalue weighted by atomic mass is 16.1. The van der Waals surface area contributed by atoms with Crippen LogP contribution < -0.4 is 5.56 Å². The van der Waals surface area contributed by atoms with Crippen molar-refractivity contribution in [3.05, 3.63) is 76.2 Å². The fourth-order valence-electron chi connectivity index (χ4n) is 2.52. The molecule has 0 saturated heterocycles. The van der Waals surface area contributed by atoms with Gasteiger partial charge in [-0.25, -0.2) is 0 Å². The molecule has 3 rings (SSSR count). The number of aromatic nitrogens is 2. The van der Waals surface area contributed by atoms with Crippen LogP contribution in [0.1, 0.15) is 11.3 Å². The zero-order valence-electron chi connectivity index (χ0n) is 11.6. The van der Waals surface area contributed by atoms with Gasteiger partial charge >= 0.3 is 0 Å². The van der Waals surface area contributed by atoms with E-state index < -0.39 is 0 Å². The standard InChI is InChI=1S/C17H16N2O/c1-12-8-6-7-11-15(12)19-13(2)16(17(20)18-19)14-9-4-3-5-10-14/h3-11H,1-2H3,(H,18,20). The number of para-hydroxylation sites is 1. The third-order valence-corrected chi connectivity index (χ3v) is 3.56. The van der Waals surface area contributed by atoms with Gasteiger partial charge in [-0.3, -0.25) is 14.6 Å². The van der Waals surface area contributed by atoms with Gasteiger partial charge in [0.05, 0.1) is 16.9 Å². The molecule has 0 aliphatic heterocycles. The Labute approximate surface area is 117 Å². The molecule has 0 fully saturated rings. The minimum absolute atomic E-state index is 0.0584. The van der Waals surface area contributed by atoms with Crippen LogP contribution in [0.15, 0.2) is 59.4 Å². The van der Waals surface area contributed by atoms with Crippen molar-refractivity contribution >= 4 is 0 Å². The largest absolute Gasteiger partial charge is 0.272 e. The van der Waals surface area contributed by atoms with Crippen molar-refractivity contribution in [1.82, 2.24) is 9.78 Å². The third-order valence-electron chi connectivity index (χ3n) is 3.56. The molecule has 0 amide bonds. The molecule has 0 saturated carbocycles. The molecule has 1 aromatic heterocycles. The molecular weight excluding hydrogens is 248 g/mol. The fraction of sp³-hybridized carbons (Fsp3) is 0.118. The van der Waals surface area contributed by atoms with Crippen molar-refractivity contribution in [2.24, 2.45) is 0 Å². The Bertz CT molecular complexity index is 797. The van der Waals surface area contributed by atoms with Crippen LogP contribution in [-0.4, -0.2) is 9.78 Å². The summed E-state index contributed by atoms with van der Waals surface area (Å²) in [5.74, 6) is 0. The maximum Gasteiger partial charge on any atom is 0.272 e. The van der Waals surface area contributed by atoms with Gasteiger partial charge in [-0.15, -0.1) is 0 Å². The Morgan fingerprint density at radius 2 is 1.55 bits per heavy atom. The molecule has 2 aromatic carbocycles. The fourth-order valence-corrected chi connectivity index (χ4v) is 2.52. The Balaban J connectivity index is 2.23. The van der Waals surface area contributed by atoms with E-state index in [4.69, 9.17) is 0 Å². The molecule has 0 unspecified atom stereocenters. The van der Waals surface area contributed by atoms with E-state index in [9.17, 15) is 4.79 Å². The maximum absolute atomic E-state index is 12.3. The maximum atomic E-state index is 12.3. The Kier molecular flexibility index (Phi) is 3.03. The van der Waals surface area contributed by atoms with E-state index in [1.807, 2.05) is 73.1 Å². The SMILES string of the molecule is Cc1ccccc1-n1[nH]c(=O)c(-c2ccccc2)c1C. The summed E-state index contributed by atoms with van der Waals surface area (Å²) in [6.45, 7) is 4.00. The molecule has 3 nitrogen and oxygen atoms in total. The lowest BCUT2D eigenvalue weighted by molar-refractivity contribution is 0.828. The number of nitrogens with zero attached hydrogens (tertiary/aromatic N) is 1. The highest BCUT2D eigenvalue weighted by Crippen LogP contribution is 2.22. The van der Waals surface area contributed by atoms with Crippen LogP contribution >= 0.6 is 0 Å². The van der Waals surface area contributed by atoms with E-state index in [-0.39, 0.29) is 5.56 Å². The van der Waals surface area contributed by atoms with Gasteiger partial charge in [0.1, 0.15) is 0 Å². The molecule has 0 bridgehead atoms. The second-order valence-electron chi connectivity index (χ2n) is 4.89. The Morgan fingerprint density at radius 3 is 2.25 bits per heavy atom. The van der Waals surface area contributed by atoms with E-state index in [0.717, 1.165) is 28.1 Å². The van der Waals surface area contributed by atoms with Crippen molar-refractivity contribution in [2.75, 3.05) is 0 Å². The number of hydrogen-bond donors (Lipinski definition) is 1. The van der Waals surface area contributed by atoms with Crippen LogP contribution in [0.5, 0.6) is 0 Å². The Morgan fingerprint density at radius 1 is 0.900 bits per heavy atom. The number of aromatic amines is 1. The summed E-state index contributed by atoms with van der Waals surface area (Å²) >= 11 is 0. The first-order valence-corrected chi connectivity index (χ1v) is 6.61. The second kappa shape index (κ2) is 4.85. The number of H-pyrrole nitrogens is 1. The van der Waals surface area contributed by atoms with Gasteiger partial charge in [-0.2, -0.15) is 0 Å². The molecule has 0 atom stereocenters. The summed E-state index contributed by atoms with van der Waals surface area (Å²) in [5.41, 5.74) is 4.67. The van der Waals surface area contributed by atoms with Crippen molar-refractivity contribution in [3.8, 4) is 16.8 Å². The van der Waals surface area contributed by atoms with E-state index in [0.29, 0.717) is 0 Å². The molecule has 20 heavy (non-hydrogen) atoms. The highest BCUT2D eigenvalue weighted by molar-refractivity contribution is 5.66. The van der Waals surface area contributed by atoms with Crippen molar-refractivity contribution in [2.45, 2.75) is 13.8 Å². The second-order valence-corrected chi connectivity index (χ2v) is 4.89. The molecule has 0 aliphatic carbocycles. The minimum atomic E-state index is -0.0584. The first kappa shape index (κ1) is 12.5. The van der Waals surface area contributed by atoms with Gasteiger partial charge in [-0.05, 0) is 31.0 Å². The monoisotopic (exact) mass is 264 g/mol. The molecule has 3 aromatic rings. The lowest BCUT2D eigenvalue weighted by Crippen LogP contribution is -2.06. The van der Waals surface area contributed by atoms with E-state index in [1.54, 1.807) is 0 Å². The van der Waals surface area contributed by atoms with Gasteiger partial charge in [-0.1, -0.05) is 48.5 Å². The number of rotatable bonds is 2. The van der Waals surface area contributed by atoms with Crippen LogP contribution in [0, 0.1) is 13.8 Å². The van der Waals surface area contributed by atoms with Gasteiger partial charge in [0.2, 0.25) is 0 Å². The molecule has 0 radical (unpaired) electrons. The Hall–Kier alpha value is -2.55. The van der Waals surface area contributed by atoms with Crippen LogP contribution in [0.2, 0.25) is 0 Å². The normalized spacial score (nSPS) is 10.7. The molecule has 1 heterocycles. The average molecular weight is 264 g/mol. The first-order chi connectivity index (χ1) is 9.68. The van der Waals surface area contributed by atoms with Gasteiger partial charge < -0.3 is 0 Å². The summed E-state index contributed by atoms with van der Waals surface area (Å²) in [6, 6.07) is 17.8. The summed E-state index contributed by atoms with van der Waals surface area (Å²) in [4.78, 5) is 12.3. The number of aryl methyl sites for hydroxylation is 1. The molecule has 1 N–H and O–H groups in total.